The second-order valence-electron chi connectivity index (χ2n) is 3.88. The van der Waals surface area contributed by atoms with Crippen molar-refractivity contribution in [3.8, 4) is 12.3 Å². The number of thiazole rings is 1. The van der Waals surface area contributed by atoms with Gasteiger partial charge >= 0.3 is 0 Å². The molecule has 7 heteroatoms. The maximum Gasteiger partial charge on any atom is 0.255 e. The molecule has 0 saturated heterocycles. The molecular weight excluding hydrogens is 280 g/mol. The monoisotopic (exact) mass is 290 g/mol. The van der Waals surface area contributed by atoms with E-state index in [1.165, 1.54) is 10.5 Å². The summed E-state index contributed by atoms with van der Waals surface area (Å²) in [5, 5.41) is 0. The Labute approximate surface area is 110 Å². The van der Waals surface area contributed by atoms with Gasteiger partial charge in [0.1, 0.15) is 0 Å². The Morgan fingerprint density at radius 1 is 1.65 bits per heavy atom. The van der Waals surface area contributed by atoms with Crippen LogP contribution in [0.3, 0.4) is 0 Å². The van der Waals surface area contributed by atoms with Gasteiger partial charge in [-0.15, -0.1) is 6.42 Å². The zero-order chi connectivity index (χ0) is 12.5. The maximum atomic E-state index is 12.2. The summed E-state index contributed by atoms with van der Waals surface area (Å²) in [4.78, 5) is 3.75. The van der Waals surface area contributed by atoms with Crippen LogP contribution in [0.5, 0.6) is 0 Å². The van der Waals surface area contributed by atoms with Gasteiger partial charge in [-0.05, 0) is 18.8 Å². The van der Waals surface area contributed by atoms with Crippen molar-refractivity contribution in [1.29, 1.82) is 0 Å². The molecule has 2 rings (SSSR count). The van der Waals surface area contributed by atoms with E-state index in [4.69, 9.17) is 18.0 Å². The Morgan fingerprint density at radius 2 is 2.35 bits per heavy atom. The standard InChI is InChI=1S/C10H11ClN2O2S2/c1-2-5-13(7-8-3-4-8)17(14,15)9-6-12-10(11)16-9/h1,6,8H,3-5,7H2. The molecule has 0 atom stereocenters. The van der Waals surface area contributed by atoms with Crippen LogP contribution < -0.4 is 0 Å². The zero-order valence-electron chi connectivity index (χ0n) is 8.97. The van der Waals surface area contributed by atoms with Crippen LogP contribution in [0.1, 0.15) is 12.8 Å². The predicted octanol–water partition coefficient (Wildman–Crippen LogP) is 1.83. The van der Waals surface area contributed by atoms with Crippen LogP contribution in [0.4, 0.5) is 0 Å². The number of terminal acetylenes is 1. The number of sulfonamides is 1. The van der Waals surface area contributed by atoms with Gasteiger partial charge in [-0.3, -0.25) is 0 Å². The average molecular weight is 291 g/mol. The molecule has 1 saturated carbocycles. The Hall–Kier alpha value is -0.610. The van der Waals surface area contributed by atoms with Crippen molar-refractivity contribution in [2.75, 3.05) is 13.1 Å². The van der Waals surface area contributed by atoms with Crippen molar-refractivity contribution in [2.24, 2.45) is 5.92 Å². The fourth-order valence-corrected chi connectivity index (χ4v) is 4.30. The van der Waals surface area contributed by atoms with Crippen LogP contribution in [0, 0.1) is 18.3 Å². The van der Waals surface area contributed by atoms with Crippen LogP contribution >= 0.6 is 22.9 Å². The molecule has 0 amide bonds. The highest BCUT2D eigenvalue weighted by atomic mass is 35.5. The van der Waals surface area contributed by atoms with Gasteiger partial charge in [-0.25, -0.2) is 13.4 Å². The molecule has 0 radical (unpaired) electrons. The number of nitrogens with zero attached hydrogens (tertiary/aromatic N) is 2. The fraction of sp³-hybridized carbons (Fsp3) is 0.500. The second-order valence-corrected chi connectivity index (χ2v) is 7.65. The summed E-state index contributed by atoms with van der Waals surface area (Å²) >= 11 is 6.60. The predicted molar refractivity (Wildman–Crippen MR) is 67.4 cm³/mol. The van der Waals surface area contributed by atoms with Gasteiger partial charge in [0.25, 0.3) is 10.0 Å². The van der Waals surface area contributed by atoms with Crippen molar-refractivity contribution in [3.05, 3.63) is 10.7 Å². The van der Waals surface area contributed by atoms with Crippen LogP contribution in [-0.2, 0) is 10.0 Å². The zero-order valence-corrected chi connectivity index (χ0v) is 11.4. The Bertz CT molecular complexity index is 543. The topological polar surface area (TPSA) is 50.3 Å². The van der Waals surface area contributed by atoms with Gasteiger partial charge in [0.15, 0.2) is 8.68 Å². The van der Waals surface area contributed by atoms with Crippen molar-refractivity contribution < 1.29 is 8.42 Å². The highest BCUT2D eigenvalue weighted by Crippen LogP contribution is 2.32. The molecule has 0 aromatic carbocycles. The molecule has 1 fully saturated rings. The van der Waals surface area contributed by atoms with E-state index < -0.39 is 10.0 Å². The summed E-state index contributed by atoms with van der Waals surface area (Å²) < 4.78 is 26.2. The molecule has 0 bridgehead atoms. The van der Waals surface area contributed by atoms with E-state index >= 15 is 0 Å². The Balaban J connectivity index is 2.24. The summed E-state index contributed by atoms with van der Waals surface area (Å²) in [5.74, 6) is 2.83. The number of hydrogen-bond acceptors (Lipinski definition) is 4. The molecule has 1 aromatic rings. The van der Waals surface area contributed by atoms with Crippen LogP contribution in [0.2, 0.25) is 4.47 Å². The largest absolute Gasteiger partial charge is 0.255 e. The van der Waals surface area contributed by atoms with Gasteiger partial charge < -0.3 is 0 Å². The number of rotatable bonds is 5. The minimum absolute atomic E-state index is 0.0916. The van der Waals surface area contributed by atoms with Gasteiger partial charge in [0.05, 0.1) is 12.7 Å². The lowest BCUT2D eigenvalue weighted by molar-refractivity contribution is 0.431. The van der Waals surface area contributed by atoms with E-state index in [9.17, 15) is 8.42 Å². The molecule has 0 spiro atoms. The van der Waals surface area contributed by atoms with Crippen LogP contribution in [-0.4, -0.2) is 30.8 Å². The summed E-state index contributed by atoms with van der Waals surface area (Å²) in [7, 11) is -3.54. The Morgan fingerprint density at radius 3 is 2.82 bits per heavy atom. The molecule has 4 nitrogen and oxygen atoms in total. The maximum absolute atomic E-state index is 12.2. The summed E-state index contributed by atoms with van der Waals surface area (Å²) in [6.45, 7) is 0.580. The van der Waals surface area contributed by atoms with Crippen molar-refractivity contribution >= 4 is 33.0 Å². The Kier molecular flexibility index (Phi) is 3.73. The number of halogens is 1. The highest BCUT2D eigenvalue weighted by Gasteiger charge is 2.32. The lowest BCUT2D eigenvalue weighted by atomic mass is 10.4. The minimum atomic E-state index is -3.54. The van der Waals surface area contributed by atoms with E-state index in [-0.39, 0.29) is 15.2 Å². The third-order valence-corrected chi connectivity index (χ3v) is 5.84. The van der Waals surface area contributed by atoms with Gasteiger partial charge in [-0.2, -0.15) is 4.31 Å². The summed E-state index contributed by atoms with van der Waals surface area (Å²) in [6, 6.07) is 0. The third kappa shape index (κ3) is 2.99. The van der Waals surface area contributed by atoms with Crippen molar-refractivity contribution in [2.45, 2.75) is 17.1 Å². The lowest BCUT2D eigenvalue weighted by Gasteiger charge is -2.18. The highest BCUT2D eigenvalue weighted by molar-refractivity contribution is 7.91. The third-order valence-electron chi connectivity index (χ3n) is 2.48. The van der Waals surface area contributed by atoms with E-state index in [0.717, 1.165) is 24.2 Å². The van der Waals surface area contributed by atoms with Gasteiger partial charge in [-0.1, -0.05) is 28.9 Å². The van der Waals surface area contributed by atoms with Crippen molar-refractivity contribution in [3.63, 3.8) is 0 Å². The fourth-order valence-electron chi connectivity index (χ4n) is 1.42. The number of aromatic nitrogens is 1. The first kappa shape index (κ1) is 12.8. The molecule has 1 aliphatic carbocycles. The summed E-state index contributed by atoms with van der Waals surface area (Å²) in [5.41, 5.74) is 0. The van der Waals surface area contributed by atoms with E-state index in [1.54, 1.807) is 0 Å². The van der Waals surface area contributed by atoms with Crippen molar-refractivity contribution in [1.82, 2.24) is 9.29 Å². The first-order chi connectivity index (χ1) is 8.04. The molecule has 1 heterocycles. The normalized spacial score (nSPS) is 16.1. The number of hydrogen-bond donors (Lipinski definition) is 0. The smallest absolute Gasteiger partial charge is 0.232 e. The molecule has 0 unspecified atom stereocenters. The molecule has 1 aromatic heterocycles. The first-order valence-electron chi connectivity index (χ1n) is 5.09. The molecular formula is C10H11ClN2O2S2. The van der Waals surface area contributed by atoms with E-state index in [0.29, 0.717) is 12.5 Å². The molecule has 17 heavy (non-hydrogen) atoms. The molecule has 0 aliphatic heterocycles. The minimum Gasteiger partial charge on any atom is -0.232 e. The molecule has 92 valence electrons. The molecule has 1 aliphatic rings. The quantitative estimate of drug-likeness (QED) is 0.778. The summed E-state index contributed by atoms with van der Waals surface area (Å²) in [6.07, 6.45) is 8.63. The SMILES string of the molecule is C#CCN(CC1CC1)S(=O)(=O)c1cnc(Cl)s1. The van der Waals surface area contributed by atoms with Crippen LogP contribution in [0.15, 0.2) is 10.4 Å². The van der Waals surface area contributed by atoms with Gasteiger partial charge in [0, 0.05) is 6.54 Å². The van der Waals surface area contributed by atoms with Crippen LogP contribution in [0.25, 0.3) is 0 Å². The first-order valence-corrected chi connectivity index (χ1v) is 7.72. The molecule has 0 N–H and O–H groups in total. The lowest BCUT2D eigenvalue weighted by Crippen LogP contribution is -2.32. The van der Waals surface area contributed by atoms with E-state index in [2.05, 4.69) is 10.9 Å². The van der Waals surface area contributed by atoms with Gasteiger partial charge in [0.2, 0.25) is 0 Å². The van der Waals surface area contributed by atoms with E-state index in [1.807, 2.05) is 0 Å². The second kappa shape index (κ2) is 4.94. The average Bonchev–Trinajstić information content (AvgIpc) is 2.98.